The first-order valence-corrected chi connectivity index (χ1v) is 8.75. The third-order valence-electron chi connectivity index (χ3n) is 4.20. The number of methoxy groups -OCH3 is 1. The van der Waals surface area contributed by atoms with E-state index in [0.29, 0.717) is 24.7 Å². The minimum Gasteiger partial charge on any atom is -0.378 e. The zero-order valence-corrected chi connectivity index (χ0v) is 14.7. The lowest BCUT2D eigenvalue weighted by Crippen LogP contribution is -2.20. The number of fused-ring (bicyclic) bond motifs is 2. The monoisotopic (exact) mass is 403 g/mol. The third-order valence-corrected chi connectivity index (χ3v) is 5.33. The molecule has 5 nitrogen and oxygen atoms in total. The fourth-order valence-corrected chi connectivity index (χ4v) is 3.77. The van der Waals surface area contributed by atoms with Crippen molar-refractivity contribution in [1.82, 2.24) is 9.97 Å². The molecule has 2 bridgehead atoms. The average Bonchev–Trinajstić information content (AvgIpc) is 3.11. The second-order valence-electron chi connectivity index (χ2n) is 5.77. The van der Waals surface area contributed by atoms with Crippen molar-refractivity contribution >= 4 is 28.4 Å². The largest absolute Gasteiger partial charge is 0.378 e. The predicted molar refractivity (Wildman–Crippen MR) is 89.5 cm³/mol. The quantitative estimate of drug-likeness (QED) is 0.740. The van der Waals surface area contributed by atoms with Crippen LogP contribution in [0.2, 0.25) is 0 Å². The Morgan fingerprint density at radius 3 is 2.86 bits per heavy atom. The lowest BCUT2D eigenvalue weighted by molar-refractivity contribution is 0.0998. The molecule has 2 aliphatic rings. The number of hydrogen-bond acceptors (Lipinski definition) is 5. The van der Waals surface area contributed by atoms with E-state index in [1.165, 1.54) is 6.42 Å². The van der Waals surface area contributed by atoms with E-state index in [1.807, 2.05) is 0 Å². The van der Waals surface area contributed by atoms with Crippen LogP contribution in [0.15, 0.2) is 0 Å². The van der Waals surface area contributed by atoms with E-state index in [-0.39, 0.29) is 0 Å². The van der Waals surface area contributed by atoms with Crippen LogP contribution in [0, 0.1) is 3.57 Å². The fraction of sp³-hybridized carbons (Fsp3) is 0.733. The average molecular weight is 403 g/mol. The Balaban J connectivity index is 1.90. The van der Waals surface area contributed by atoms with Crippen molar-refractivity contribution in [3.05, 3.63) is 15.1 Å². The summed E-state index contributed by atoms with van der Waals surface area (Å²) in [4.78, 5) is 9.56. The van der Waals surface area contributed by atoms with Crippen molar-refractivity contribution in [2.75, 3.05) is 19.0 Å². The zero-order chi connectivity index (χ0) is 14.8. The maximum atomic E-state index is 5.96. The molecular formula is C15H22IN3O2. The molecule has 0 spiro atoms. The number of aromatic nitrogens is 2. The van der Waals surface area contributed by atoms with Gasteiger partial charge in [0.15, 0.2) is 0 Å². The highest BCUT2D eigenvalue weighted by Gasteiger charge is 2.43. The van der Waals surface area contributed by atoms with Gasteiger partial charge in [-0.1, -0.05) is 6.92 Å². The lowest BCUT2D eigenvalue weighted by atomic mass is 9.88. The fourth-order valence-electron chi connectivity index (χ4n) is 3.18. The summed E-state index contributed by atoms with van der Waals surface area (Å²) in [5.41, 5.74) is 0.976. The number of nitrogens with zero attached hydrogens (tertiary/aromatic N) is 2. The number of ether oxygens (including phenoxy) is 2. The van der Waals surface area contributed by atoms with E-state index < -0.39 is 0 Å². The molecule has 0 radical (unpaired) electrons. The standard InChI is InChI=1S/C15H22IN3O2/c1-3-6-17-15-13(16)11(8-20-2)18-14(19-15)10-7-9-4-5-12(10)21-9/h9-10,12H,3-8H2,1-2H3,(H,17,18,19). The van der Waals surface area contributed by atoms with Crippen molar-refractivity contribution in [1.29, 1.82) is 0 Å². The van der Waals surface area contributed by atoms with Crippen molar-refractivity contribution in [3.8, 4) is 0 Å². The van der Waals surface area contributed by atoms with Gasteiger partial charge in [-0.15, -0.1) is 0 Å². The summed E-state index contributed by atoms with van der Waals surface area (Å²) >= 11 is 2.31. The summed E-state index contributed by atoms with van der Waals surface area (Å²) in [5, 5.41) is 3.41. The Morgan fingerprint density at radius 2 is 2.24 bits per heavy atom. The molecule has 1 N–H and O–H groups in total. The summed E-state index contributed by atoms with van der Waals surface area (Å²) in [7, 11) is 1.71. The number of hydrogen-bond donors (Lipinski definition) is 1. The van der Waals surface area contributed by atoms with Gasteiger partial charge in [0.25, 0.3) is 0 Å². The van der Waals surface area contributed by atoms with Crippen LogP contribution in [-0.2, 0) is 16.1 Å². The summed E-state index contributed by atoms with van der Waals surface area (Å²) < 4.78 is 12.3. The number of rotatable bonds is 6. The molecule has 21 heavy (non-hydrogen) atoms. The van der Waals surface area contributed by atoms with Gasteiger partial charge < -0.3 is 14.8 Å². The Morgan fingerprint density at radius 1 is 1.38 bits per heavy atom. The number of halogens is 1. The van der Waals surface area contributed by atoms with E-state index in [9.17, 15) is 0 Å². The molecule has 116 valence electrons. The molecule has 3 unspecified atom stereocenters. The smallest absolute Gasteiger partial charge is 0.143 e. The number of nitrogens with one attached hydrogen (secondary N) is 1. The van der Waals surface area contributed by atoms with Gasteiger partial charge in [-0.3, -0.25) is 0 Å². The minimum absolute atomic E-state index is 0.310. The second-order valence-corrected chi connectivity index (χ2v) is 6.85. The van der Waals surface area contributed by atoms with Crippen LogP contribution in [0.4, 0.5) is 5.82 Å². The van der Waals surface area contributed by atoms with Gasteiger partial charge >= 0.3 is 0 Å². The highest BCUT2D eigenvalue weighted by molar-refractivity contribution is 14.1. The van der Waals surface area contributed by atoms with Crippen LogP contribution < -0.4 is 5.32 Å². The molecule has 1 aromatic heterocycles. The lowest BCUT2D eigenvalue weighted by Gasteiger charge is -2.20. The first-order valence-electron chi connectivity index (χ1n) is 7.67. The molecule has 2 fully saturated rings. The molecule has 0 saturated carbocycles. The Labute approximate surface area is 139 Å². The molecule has 3 atom stereocenters. The summed E-state index contributed by atoms with van der Waals surface area (Å²) in [6.45, 7) is 3.60. The van der Waals surface area contributed by atoms with E-state index >= 15 is 0 Å². The van der Waals surface area contributed by atoms with E-state index in [1.54, 1.807) is 7.11 Å². The van der Waals surface area contributed by atoms with Crippen LogP contribution in [0.5, 0.6) is 0 Å². The normalized spacial score (nSPS) is 27.3. The maximum Gasteiger partial charge on any atom is 0.143 e. The van der Waals surface area contributed by atoms with Crippen LogP contribution >= 0.6 is 22.6 Å². The van der Waals surface area contributed by atoms with Gasteiger partial charge in [0, 0.05) is 19.6 Å². The highest BCUT2D eigenvalue weighted by Crippen LogP contribution is 2.43. The van der Waals surface area contributed by atoms with E-state index in [0.717, 1.165) is 46.7 Å². The molecule has 3 heterocycles. The van der Waals surface area contributed by atoms with Crippen molar-refractivity contribution in [3.63, 3.8) is 0 Å². The second kappa shape index (κ2) is 6.75. The van der Waals surface area contributed by atoms with Crippen LogP contribution in [0.3, 0.4) is 0 Å². The first-order chi connectivity index (χ1) is 10.2. The Bertz CT molecular complexity index is 512. The maximum absolute atomic E-state index is 5.96. The summed E-state index contributed by atoms with van der Waals surface area (Å²) in [6, 6.07) is 0. The SMILES string of the molecule is CCCNc1nc(C2CC3CCC2O3)nc(COC)c1I. The molecule has 2 aliphatic heterocycles. The van der Waals surface area contributed by atoms with Crippen LogP contribution in [0.25, 0.3) is 0 Å². The first kappa shape index (κ1) is 15.4. The minimum atomic E-state index is 0.310. The molecule has 0 aliphatic carbocycles. The van der Waals surface area contributed by atoms with Gasteiger partial charge in [-0.05, 0) is 48.3 Å². The third kappa shape index (κ3) is 3.17. The summed E-state index contributed by atoms with van der Waals surface area (Å²) in [5.74, 6) is 2.21. The number of anilines is 1. The van der Waals surface area contributed by atoms with Gasteiger partial charge in [0.2, 0.25) is 0 Å². The van der Waals surface area contributed by atoms with Crippen molar-refractivity contribution in [2.45, 2.75) is 57.3 Å². The van der Waals surface area contributed by atoms with Crippen molar-refractivity contribution < 1.29 is 9.47 Å². The highest BCUT2D eigenvalue weighted by atomic mass is 127. The molecule has 0 amide bonds. The Kier molecular flexibility index (Phi) is 4.96. The van der Waals surface area contributed by atoms with E-state index in [4.69, 9.17) is 19.4 Å². The molecule has 1 aromatic rings. The molecule has 3 rings (SSSR count). The Hall–Kier alpha value is -0.470. The van der Waals surface area contributed by atoms with Gasteiger partial charge in [0.1, 0.15) is 11.6 Å². The van der Waals surface area contributed by atoms with Gasteiger partial charge in [0.05, 0.1) is 28.1 Å². The van der Waals surface area contributed by atoms with E-state index in [2.05, 4.69) is 34.8 Å². The van der Waals surface area contributed by atoms with Crippen LogP contribution in [-0.4, -0.2) is 35.8 Å². The molecule has 2 saturated heterocycles. The van der Waals surface area contributed by atoms with Crippen molar-refractivity contribution in [2.24, 2.45) is 0 Å². The van der Waals surface area contributed by atoms with Gasteiger partial charge in [-0.2, -0.15) is 0 Å². The van der Waals surface area contributed by atoms with Gasteiger partial charge in [-0.25, -0.2) is 9.97 Å². The molecular weight excluding hydrogens is 381 g/mol. The van der Waals surface area contributed by atoms with Crippen LogP contribution in [0.1, 0.15) is 50.0 Å². The zero-order valence-electron chi connectivity index (χ0n) is 12.6. The topological polar surface area (TPSA) is 56.3 Å². The molecule has 6 heteroatoms. The summed E-state index contributed by atoms with van der Waals surface area (Å²) in [6.07, 6.45) is 5.20. The molecule has 0 aromatic carbocycles. The predicted octanol–water partition coefficient (Wildman–Crippen LogP) is 3.08.